The summed E-state index contributed by atoms with van der Waals surface area (Å²) in [6.45, 7) is 3.90. The number of sulfonamides is 1. The van der Waals surface area contributed by atoms with E-state index >= 15 is 0 Å². The van der Waals surface area contributed by atoms with Crippen LogP contribution in [0.3, 0.4) is 0 Å². The Hall–Kier alpha value is -1.11. The van der Waals surface area contributed by atoms with Crippen LogP contribution in [0.5, 0.6) is 5.75 Å². The molecule has 0 aliphatic carbocycles. The van der Waals surface area contributed by atoms with E-state index in [1.165, 1.54) is 4.31 Å². The Morgan fingerprint density at radius 3 is 2.43 bits per heavy atom. The quantitative estimate of drug-likeness (QED) is 0.921. The van der Waals surface area contributed by atoms with Crippen LogP contribution >= 0.6 is 0 Å². The van der Waals surface area contributed by atoms with Gasteiger partial charge in [0.2, 0.25) is 10.0 Å². The Bertz CT molecular complexity index is 589. The first kappa shape index (κ1) is 16.3. The van der Waals surface area contributed by atoms with Crippen molar-refractivity contribution in [3.63, 3.8) is 0 Å². The molecule has 1 aromatic rings. The summed E-state index contributed by atoms with van der Waals surface area (Å²) in [6, 6.07) is 3.15. The molecule has 5 nitrogen and oxygen atoms in total. The van der Waals surface area contributed by atoms with Crippen LogP contribution in [0.2, 0.25) is 0 Å². The first-order valence-electron chi connectivity index (χ1n) is 7.19. The maximum Gasteiger partial charge on any atom is 0.243 e. The van der Waals surface area contributed by atoms with E-state index in [9.17, 15) is 13.5 Å². The predicted molar refractivity (Wildman–Crippen MR) is 81.1 cm³/mol. The first-order chi connectivity index (χ1) is 9.91. The lowest BCUT2D eigenvalue weighted by Crippen LogP contribution is -2.45. The van der Waals surface area contributed by atoms with Gasteiger partial charge in [0.25, 0.3) is 0 Å². The zero-order valence-electron chi connectivity index (χ0n) is 12.8. The minimum Gasteiger partial charge on any atom is -0.497 e. The van der Waals surface area contributed by atoms with Crippen molar-refractivity contribution < 1.29 is 18.3 Å². The fourth-order valence-corrected chi connectivity index (χ4v) is 5.13. The Morgan fingerprint density at radius 1 is 1.29 bits per heavy atom. The van der Waals surface area contributed by atoms with Crippen molar-refractivity contribution >= 4 is 10.0 Å². The van der Waals surface area contributed by atoms with E-state index in [2.05, 4.69) is 0 Å². The summed E-state index contributed by atoms with van der Waals surface area (Å²) in [4.78, 5) is 0.337. The summed E-state index contributed by atoms with van der Waals surface area (Å²) < 4.78 is 32.6. The number of rotatable bonds is 4. The molecule has 1 aliphatic rings. The second kappa shape index (κ2) is 6.34. The van der Waals surface area contributed by atoms with E-state index in [4.69, 9.17) is 4.74 Å². The zero-order valence-corrected chi connectivity index (χ0v) is 13.6. The molecule has 21 heavy (non-hydrogen) atoms. The van der Waals surface area contributed by atoms with Crippen molar-refractivity contribution in [2.24, 2.45) is 0 Å². The molecule has 0 spiro atoms. The molecule has 2 rings (SSSR count). The average Bonchev–Trinajstić information content (AvgIpc) is 2.46. The van der Waals surface area contributed by atoms with Gasteiger partial charge < -0.3 is 9.84 Å². The molecule has 1 aliphatic heterocycles. The predicted octanol–water partition coefficient (Wildman–Crippen LogP) is 1.85. The van der Waals surface area contributed by atoms with Gasteiger partial charge in [0.15, 0.2) is 0 Å². The lowest BCUT2D eigenvalue weighted by atomic mass is 10.1. The molecular formula is C15H23NO4S. The van der Waals surface area contributed by atoms with Crippen LogP contribution in [0.1, 0.15) is 30.4 Å². The van der Waals surface area contributed by atoms with Gasteiger partial charge in [-0.3, -0.25) is 0 Å². The van der Waals surface area contributed by atoms with Crippen molar-refractivity contribution in [2.75, 3.05) is 20.3 Å². The van der Waals surface area contributed by atoms with Gasteiger partial charge in [0, 0.05) is 12.6 Å². The Kier molecular flexibility index (Phi) is 4.91. The molecule has 1 aromatic carbocycles. The van der Waals surface area contributed by atoms with Gasteiger partial charge in [-0.2, -0.15) is 4.31 Å². The second-order valence-electron chi connectivity index (χ2n) is 5.54. The van der Waals surface area contributed by atoms with Gasteiger partial charge in [-0.05, 0) is 49.9 Å². The lowest BCUT2D eigenvalue weighted by Gasteiger charge is -2.34. The number of hydrogen-bond acceptors (Lipinski definition) is 4. The number of piperidine rings is 1. The molecule has 1 heterocycles. The highest BCUT2D eigenvalue weighted by atomic mass is 32.2. The molecule has 1 fully saturated rings. The van der Waals surface area contributed by atoms with Crippen LogP contribution in [0.4, 0.5) is 0 Å². The molecule has 0 bridgehead atoms. The lowest BCUT2D eigenvalue weighted by molar-refractivity contribution is 0.155. The van der Waals surface area contributed by atoms with Crippen molar-refractivity contribution in [2.45, 2.75) is 44.0 Å². The number of ether oxygens (including phenoxy) is 1. The van der Waals surface area contributed by atoms with E-state index in [1.807, 2.05) is 0 Å². The molecule has 0 saturated carbocycles. The highest BCUT2D eigenvalue weighted by Gasteiger charge is 2.34. The minimum atomic E-state index is -3.59. The van der Waals surface area contributed by atoms with E-state index < -0.39 is 10.0 Å². The maximum atomic E-state index is 13.0. The first-order valence-corrected chi connectivity index (χ1v) is 8.63. The van der Waals surface area contributed by atoms with Crippen LogP contribution in [-0.2, 0) is 10.0 Å². The molecule has 0 aromatic heterocycles. The Morgan fingerprint density at radius 2 is 1.90 bits per heavy atom. The van der Waals surface area contributed by atoms with E-state index in [1.54, 1.807) is 33.1 Å². The molecule has 118 valence electrons. The van der Waals surface area contributed by atoms with Crippen LogP contribution in [0, 0.1) is 13.8 Å². The third-order valence-corrected chi connectivity index (χ3v) is 6.28. The summed E-state index contributed by atoms with van der Waals surface area (Å²) in [7, 11) is -2.03. The van der Waals surface area contributed by atoms with Crippen LogP contribution < -0.4 is 4.74 Å². The van der Waals surface area contributed by atoms with Crippen molar-refractivity contribution in [3.05, 3.63) is 23.3 Å². The van der Waals surface area contributed by atoms with E-state index in [0.29, 0.717) is 34.7 Å². The van der Waals surface area contributed by atoms with Gasteiger partial charge in [0.05, 0.1) is 18.6 Å². The Labute approximate surface area is 126 Å². The maximum absolute atomic E-state index is 13.0. The second-order valence-corrected chi connectivity index (χ2v) is 7.37. The van der Waals surface area contributed by atoms with Crippen molar-refractivity contribution in [1.82, 2.24) is 4.31 Å². The number of nitrogens with zero attached hydrogens (tertiary/aromatic N) is 1. The zero-order chi connectivity index (χ0) is 15.6. The number of aliphatic hydroxyl groups excluding tert-OH is 1. The van der Waals surface area contributed by atoms with Gasteiger partial charge in [-0.1, -0.05) is 6.42 Å². The highest BCUT2D eigenvalue weighted by Crippen LogP contribution is 2.31. The van der Waals surface area contributed by atoms with Gasteiger partial charge in [-0.15, -0.1) is 0 Å². The van der Waals surface area contributed by atoms with Crippen LogP contribution in [0.25, 0.3) is 0 Å². The molecule has 1 N–H and O–H groups in total. The van der Waals surface area contributed by atoms with Crippen molar-refractivity contribution in [3.8, 4) is 5.75 Å². The largest absolute Gasteiger partial charge is 0.497 e. The summed E-state index contributed by atoms with van der Waals surface area (Å²) in [5, 5.41) is 9.47. The number of aryl methyl sites for hydroxylation is 2. The normalized spacial score (nSPS) is 20.5. The number of hydrogen-bond donors (Lipinski definition) is 1. The van der Waals surface area contributed by atoms with Gasteiger partial charge in [0.1, 0.15) is 5.75 Å². The van der Waals surface area contributed by atoms with Gasteiger partial charge in [-0.25, -0.2) is 8.42 Å². The summed E-state index contributed by atoms with van der Waals surface area (Å²) in [5.74, 6) is 0.654. The van der Waals surface area contributed by atoms with E-state index in [0.717, 1.165) is 12.8 Å². The summed E-state index contributed by atoms with van der Waals surface area (Å²) in [6.07, 6.45) is 2.51. The van der Waals surface area contributed by atoms with Gasteiger partial charge >= 0.3 is 0 Å². The third kappa shape index (κ3) is 3.07. The summed E-state index contributed by atoms with van der Waals surface area (Å²) in [5.41, 5.74) is 1.35. The SMILES string of the molecule is COc1cc(C)c(S(=O)(=O)N2CCCCC2CO)c(C)c1. The molecule has 1 unspecified atom stereocenters. The number of benzene rings is 1. The van der Waals surface area contributed by atoms with Crippen molar-refractivity contribution in [1.29, 1.82) is 0 Å². The van der Waals surface area contributed by atoms with Crippen LogP contribution in [-0.4, -0.2) is 44.1 Å². The molecule has 1 atom stereocenters. The molecule has 0 amide bonds. The topological polar surface area (TPSA) is 66.8 Å². The third-order valence-electron chi connectivity index (χ3n) is 4.02. The molecular weight excluding hydrogens is 290 g/mol. The number of methoxy groups -OCH3 is 1. The fourth-order valence-electron chi connectivity index (χ4n) is 3.03. The molecule has 1 saturated heterocycles. The standard InChI is InChI=1S/C15H23NO4S/c1-11-8-14(20-3)9-12(2)15(11)21(18,19)16-7-5-4-6-13(16)10-17/h8-9,13,17H,4-7,10H2,1-3H3. The van der Waals surface area contributed by atoms with Crippen LogP contribution in [0.15, 0.2) is 17.0 Å². The van der Waals surface area contributed by atoms with E-state index in [-0.39, 0.29) is 12.6 Å². The number of aliphatic hydroxyl groups is 1. The summed E-state index contributed by atoms with van der Waals surface area (Å²) >= 11 is 0. The average molecular weight is 313 g/mol. The minimum absolute atomic E-state index is 0.131. The molecule has 0 radical (unpaired) electrons. The highest BCUT2D eigenvalue weighted by molar-refractivity contribution is 7.89. The Balaban J connectivity index is 2.48. The fraction of sp³-hybridized carbons (Fsp3) is 0.600. The molecule has 6 heteroatoms. The monoisotopic (exact) mass is 313 g/mol. The smallest absolute Gasteiger partial charge is 0.243 e.